The first-order valence-electron chi connectivity index (χ1n) is 10.1. The second-order valence-corrected chi connectivity index (χ2v) is 8.41. The number of benzene rings is 2. The van der Waals surface area contributed by atoms with Crippen LogP contribution < -0.4 is 11.1 Å². The molecule has 3 aromatic heterocycles. The van der Waals surface area contributed by atoms with Crippen LogP contribution in [0.3, 0.4) is 0 Å². The van der Waals surface area contributed by atoms with Gasteiger partial charge in [0.25, 0.3) is 5.78 Å². The first-order valence-corrected chi connectivity index (χ1v) is 10.9. The molecule has 0 radical (unpaired) electrons. The van der Waals surface area contributed by atoms with Gasteiger partial charge >= 0.3 is 0 Å². The summed E-state index contributed by atoms with van der Waals surface area (Å²) in [7, 11) is 0. The molecule has 0 aliphatic heterocycles. The van der Waals surface area contributed by atoms with Crippen molar-refractivity contribution in [3.05, 3.63) is 87.5 Å². The van der Waals surface area contributed by atoms with Crippen LogP contribution in [-0.2, 0) is 13.0 Å². The van der Waals surface area contributed by atoms with Crippen LogP contribution in [0.4, 0.5) is 17.5 Å². The zero-order chi connectivity index (χ0) is 22.9. The lowest BCUT2D eigenvalue weighted by Gasteiger charge is -2.10. The number of nitrogen functional groups attached to an aromatic ring is 1. The molecule has 0 bridgehead atoms. The highest BCUT2D eigenvalue weighted by molar-refractivity contribution is 6.31. The normalized spacial score (nSPS) is 11.2. The Balaban J connectivity index is 1.48. The number of hydrogen-bond donors (Lipinski definition) is 2. The SMILES string of the molecule is Cc1nc2nc(Nc3cc(Cl)ccc3Cn3cncn3)nn2c(N)c1Cc1cccc(Cl)c1. The fourth-order valence-electron chi connectivity index (χ4n) is 3.60. The summed E-state index contributed by atoms with van der Waals surface area (Å²) in [5, 5.41) is 13.2. The molecule has 166 valence electrons. The minimum Gasteiger partial charge on any atom is -0.383 e. The molecular weight excluding hydrogens is 461 g/mol. The summed E-state index contributed by atoms with van der Waals surface area (Å²) in [6, 6.07) is 13.2. The van der Waals surface area contributed by atoms with Crippen molar-refractivity contribution in [3.63, 3.8) is 0 Å². The van der Waals surface area contributed by atoms with Gasteiger partial charge in [-0.3, -0.25) is 0 Å². The van der Waals surface area contributed by atoms with E-state index in [9.17, 15) is 0 Å². The van der Waals surface area contributed by atoms with Crippen LogP contribution in [0.5, 0.6) is 0 Å². The quantitative estimate of drug-likeness (QED) is 0.373. The van der Waals surface area contributed by atoms with E-state index in [0.717, 1.165) is 28.1 Å². The van der Waals surface area contributed by atoms with E-state index in [1.165, 1.54) is 10.8 Å². The van der Waals surface area contributed by atoms with Gasteiger partial charge in [0.05, 0.1) is 6.54 Å². The summed E-state index contributed by atoms with van der Waals surface area (Å²) < 4.78 is 3.26. The third-order valence-corrected chi connectivity index (χ3v) is 5.69. The van der Waals surface area contributed by atoms with Gasteiger partial charge in [0, 0.05) is 33.4 Å². The van der Waals surface area contributed by atoms with Gasteiger partial charge in [-0.15, -0.1) is 5.10 Å². The fourth-order valence-corrected chi connectivity index (χ4v) is 3.99. The number of aryl methyl sites for hydroxylation is 1. The van der Waals surface area contributed by atoms with Crippen molar-refractivity contribution in [2.24, 2.45) is 0 Å². The summed E-state index contributed by atoms with van der Waals surface area (Å²) in [6.45, 7) is 2.42. The number of nitrogens with one attached hydrogen (secondary N) is 1. The molecule has 0 spiro atoms. The van der Waals surface area contributed by atoms with E-state index in [-0.39, 0.29) is 0 Å². The van der Waals surface area contributed by atoms with Gasteiger partial charge in [-0.1, -0.05) is 41.4 Å². The van der Waals surface area contributed by atoms with Crippen molar-refractivity contribution in [2.75, 3.05) is 11.1 Å². The molecule has 5 aromatic rings. The van der Waals surface area contributed by atoms with E-state index in [2.05, 4.69) is 30.5 Å². The molecule has 0 atom stereocenters. The molecule has 2 aromatic carbocycles. The topological polar surface area (TPSA) is 112 Å². The molecular formula is C22H19Cl2N9. The highest BCUT2D eigenvalue weighted by Crippen LogP contribution is 2.26. The number of nitrogens with zero attached hydrogens (tertiary/aromatic N) is 7. The molecule has 0 aliphatic rings. The van der Waals surface area contributed by atoms with Crippen LogP contribution >= 0.6 is 23.2 Å². The molecule has 0 saturated carbocycles. The van der Waals surface area contributed by atoms with Crippen LogP contribution in [0.2, 0.25) is 10.0 Å². The molecule has 0 fully saturated rings. The Morgan fingerprint density at radius 2 is 1.91 bits per heavy atom. The van der Waals surface area contributed by atoms with E-state index in [1.807, 2.05) is 49.4 Å². The Morgan fingerprint density at radius 1 is 1.06 bits per heavy atom. The van der Waals surface area contributed by atoms with E-state index in [1.54, 1.807) is 11.0 Å². The average Bonchev–Trinajstić information content (AvgIpc) is 3.43. The van der Waals surface area contributed by atoms with Crippen LogP contribution in [0, 0.1) is 6.92 Å². The lowest BCUT2D eigenvalue weighted by Crippen LogP contribution is -2.09. The second-order valence-electron chi connectivity index (χ2n) is 7.53. The minimum absolute atomic E-state index is 0.357. The molecule has 0 aliphatic carbocycles. The zero-order valence-corrected chi connectivity index (χ0v) is 19.1. The highest BCUT2D eigenvalue weighted by Gasteiger charge is 2.16. The number of fused-ring (bicyclic) bond motifs is 1. The fraction of sp³-hybridized carbons (Fsp3) is 0.136. The molecule has 0 amide bonds. The maximum atomic E-state index is 6.48. The summed E-state index contributed by atoms with van der Waals surface area (Å²) in [5.41, 5.74) is 10.9. The molecule has 5 rings (SSSR count). The smallest absolute Gasteiger partial charge is 0.256 e. The third kappa shape index (κ3) is 4.46. The van der Waals surface area contributed by atoms with E-state index in [4.69, 9.17) is 28.9 Å². The van der Waals surface area contributed by atoms with E-state index >= 15 is 0 Å². The molecule has 3 N–H and O–H groups in total. The Morgan fingerprint density at radius 3 is 2.70 bits per heavy atom. The van der Waals surface area contributed by atoms with Crippen molar-refractivity contribution >= 4 is 46.4 Å². The number of rotatable bonds is 6. The van der Waals surface area contributed by atoms with E-state index < -0.39 is 0 Å². The predicted molar refractivity (Wildman–Crippen MR) is 128 cm³/mol. The Kier molecular flexibility index (Phi) is 5.57. The highest BCUT2D eigenvalue weighted by atomic mass is 35.5. The van der Waals surface area contributed by atoms with Crippen molar-refractivity contribution < 1.29 is 0 Å². The second kappa shape index (κ2) is 8.68. The van der Waals surface area contributed by atoms with Crippen molar-refractivity contribution in [2.45, 2.75) is 19.9 Å². The molecule has 11 heteroatoms. The zero-order valence-electron chi connectivity index (χ0n) is 17.6. The van der Waals surface area contributed by atoms with Crippen molar-refractivity contribution in [3.8, 4) is 0 Å². The maximum Gasteiger partial charge on any atom is 0.256 e. The van der Waals surface area contributed by atoms with Crippen molar-refractivity contribution in [1.29, 1.82) is 0 Å². The summed E-state index contributed by atoms with van der Waals surface area (Å²) in [5.74, 6) is 1.24. The Bertz CT molecular complexity index is 1440. The Hall–Kier alpha value is -3.69. The third-order valence-electron chi connectivity index (χ3n) is 5.22. The summed E-state index contributed by atoms with van der Waals surface area (Å²) in [6.07, 6.45) is 3.72. The van der Waals surface area contributed by atoms with Crippen LogP contribution in [0.1, 0.15) is 22.4 Å². The number of anilines is 3. The van der Waals surface area contributed by atoms with Crippen molar-refractivity contribution in [1.82, 2.24) is 34.3 Å². The van der Waals surface area contributed by atoms with Crippen LogP contribution in [0.15, 0.2) is 55.1 Å². The average molecular weight is 480 g/mol. The molecule has 0 saturated heterocycles. The van der Waals surface area contributed by atoms with Gasteiger partial charge in [0.2, 0.25) is 5.95 Å². The van der Waals surface area contributed by atoms with Gasteiger partial charge in [-0.05, 0) is 42.3 Å². The molecule has 3 heterocycles. The van der Waals surface area contributed by atoms with Gasteiger partial charge in [0.1, 0.15) is 18.5 Å². The monoisotopic (exact) mass is 479 g/mol. The number of hydrogen-bond acceptors (Lipinski definition) is 7. The van der Waals surface area contributed by atoms with Gasteiger partial charge in [-0.2, -0.15) is 14.6 Å². The van der Waals surface area contributed by atoms with Gasteiger partial charge in [0.15, 0.2) is 0 Å². The lowest BCUT2D eigenvalue weighted by atomic mass is 10.0. The van der Waals surface area contributed by atoms with Crippen LogP contribution in [-0.4, -0.2) is 34.3 Å². The van der Waals surface area contributed by atoms with Crippen LogP contribution in [0.25, 0.3) is 5.78 Å². The van der Waals surface area contributed by atoms with Gasteiger partial charge in [-0.25, -0.2) is 14.6 Å². The first-order chi connectivity index (χ1) is 16.0. The summed E-state index contributed by atoms with van der Waals surface area (Å²) in [4.78, 5) is 13.1. The lowest BCUT2D eigenvalue weighted by molar-refractivity contribution is 0.686. The number of aromatic nitrogens is 7. The molecule has 0 unspecified atom stereocenters. The molecule has 33 heavy (non-hydrogen) atoms. The van der Waals surface area contributed by atoms with E-state index in [0.29, 0.717) is 40.6 Å². The Labute approximate surface area is 199 Å². The summed E-state index contributed by atoms with van der Waals surface area (Å²) >= 11 is 12.4. The van der Waals surface area contributed by atoms with Gasteiger partial charge < -0.3 is 11.1 Å². The maximum absolute atomic E-state index is 6.48. The first kappa shape index (κ1) is 21.2. The standard InChI is InChI=1S/C22H19Cl2N9/c1-13-18(8-14-3-2-4-16(23)7-14)20(25)33-22(28-13)30-21(31-33)29-19-9-17(24)6-5-15(19)10-32-12-26-11-27-32/h2-7,9,11-12H,8,10,25H2,1H3,(H,29,31). The number of nitrogens with two attached hydrogens (primary N) is 1. The number of halogens is 2. The largest absolute Gasteiger partial charge is 0.383 e. The molecule has 9 nitrogen and oxygen atoms in total. The minimum atomic E-state index is 0.357. The predicted octanol–water partition coefficient (Wildman–Crippen LogP) is 4.30.